The van der Waals surface area contributed by atoms with Gasteiger partial charge in [0, 0.05) is 6.04 Å². The zero-order valence-electron chi connectivity index (χ0n) is 17.2. The van der Waals surface area contributed by atoms with Crippen LogP contribution in [0.15, 0.2) is 52.4 Å². The maximum Gasteiger partial charge on any atom is 0.267 e. The maximum atomic E-state index is 14.2. The molecule has 0 aromatic heterocycles. The molecule has 4 nitrogen and oxygen atoms in total. The molecule has 1 saturated heterocycles. The molecule has 0 spiro atoms. The summed E-state index contributed by atoms with van der Waals surface area (Å²) in [5.41, 5.74) is 2.19. The molecule has 2 fully saturated rings. The monoisotopic (exact) mass is 424 g/mol. The Morgan fingerprint density at radius 2 is 1.93 bits per heavy atom. The highest BCUT2D eigenvalue weighted by molar-refractivity contribution is 8.18. The van der Waals surface area contributed by atoms with Crippen LogP contribution in [0, 0.1) is 12.7 Å². The van der Waals surface area contributed by atoms with Gasteiger partial charge in [-0.1, -0.05) is 43.5 Å². The standard InChI is InChI=1S/C24H25FN2O2S/c1-16-12-13-17(14-21(16)29-2)15-22-23(28)27(18-8-4-3-5-9-18)24(30-22)26-20-11-7-6-10-19(20)25/h6-7,10-15,18H,3-5,8-9H2,1-2H3/b22-15-,26-24?. The summed E-state index contributed by atoms with van der Waals surface area (Å²) in [4.78, 5) is 20.3. The number of ether oxygens (including phenoxy) is 1. The van der Waals surface area contributed by atoms with Crippen molar-refractivity contribution in [1.29, 1.82) is 0 Å². The Bertz CT molecular complexity index is 1010. The van der Waals surface area contributed by atoms with Crippen LogP contribution in [0.25, 0.3) is 6.08 Å². The molecule has 0 unspecified atom stereocenters. The van der Waals surface area contributed by atoms with Gasteiger partial charge in [-0.3, -0.25) is 9.69 Å². The van der Waals surface area contributed by atoms with E-state index in [1.54, 1.807) is 30.2 Å². The third-order valence-electron chi connectivity index (χ3n) is 5.58. The highest BCUT2D eigenvalue weighted by Crippen LogP contribution is 2.39. The van der Waals surface area contributed by atoms with Gasteiger partial charge in [0.05, 0.1) is 12.0 Å². The summed E-state index contributed by atoms with van der Waals surface area (Å²) in [5, 5.41) is 0.558. The average molecular weight is 425 g/mol. The van der Waals surface area contributed by atoms with Gasteiger partial charge in [0.1, 0.15) is 17.3 Å². The van der Waals surface area contributed by atoms with Crippen molar-refractivity contribution in [3.63, 3.8) is 0 Å². The largest absolute Gasteiger partial charge is 0.496 e. The van der Waals surface area contributed by atoms with Crippen LogP contribution in [0.4, 0.5) is 10.1 Å². The van der Waals surface area contributed by atoms with E-state index in [0.717, 1.165) is 42.6 Å². The van der Waals surface area contributed by atoms with Gasteiger partial charge in [0.15, 0.2) is 5.17 Å². The van der Waals surface area contributed by atoms with Gasteiger partial charge in [-0.05, 0) is 66.9 Å². The fourth-order valence-electron chi connectivity index (χ4n) is 3.95. The van der Waals surface area contributed by atoms with E-state index in [9.17, 15) is 9.18 Å². The molecule has 0 radical (unpaired) electrons. The lowest BCUT2D eigenvalue weighted by atomic mass is 9.94. The molecule has 1 heterocycles. The first kappa shape index (κ1) is 20.7. The Morgan fingerprint density at radius 3 is 2.67 bits per heavy atom. The van der Waals surface area contributed by atoms with Crippen LogP contribution < -0.4 is 4.74 Å². The molecule has 6 heteroatoms. The Kier molecular flexibility index (Phi) is 6.23. The number of nitrogens with zero attached hydrogens (tertiary/aromatic N) is 2. The summed E-state index contributed by atoms with van der Waals surface area (Å²) in [6, 6.07) is 12.4. The summed E-state index contributed by atoms with van der Waals surface area (Å²) >= 11 is 1.32. The topological polar surface area (TPSA) is 41.9 Å². The summed E-state index contributed by atoms with van der Waals surface area (Å²) in [6.45, 7) is 1.98. The van der Waals surface area contributed by atoms with Crippen LogP contribution in [0.3, 0.4) is 0 Å². The molecule has 4 rings (SSSR count). The molecule has 1 saturated carbocycles. The zero-order chi connectivity index (χ0) is 21.1. The number of hydrogen-bond acceptors (Lipinski definition) is 4. The molecule has 30 heavy (non-hydrogen) atoms. The first-order valence-electron chi connectivity index (χ1n) is 10.3. The molecular formula is C24H25FN2O2S. The number of para-hydroxylation sites is 1. The molecule has 2 aliphatic rings. The molecule has 1 amide bonds. The van der Waals surface area contributed by atoms with Crippen molar-refractivity contribution in [2.45, 2.75) is 45.1 Å². The van der Waals surface area contributed by atoms with Crippen molar-refractivity contribution >= 4 is 34.6 Å². The molecule has 156 valence electrons. The predicted octanol–water partition coefficient (Wildman–Crippen LogP) is 6.08. The van der Waals surface area contributed by atoms with Gasteiger partial charge in [-0.15, -0.1) is 0 Å². The highest BCUT2D eigenvalue weighted by Gasteiger charge is 2.38. The maximum absolute atomic E-state index is 14.2. The molecule has 1 aliphatic heterocycles. The summed E-state index contributed by atoms with van der Waals surface area (Å²) in [5.74, 6) is 0.341. The van der Waals surface area contributed by atoms with Gasteiger partial charge < -0.3 is 4.74 Å². The third-order valence-corrected chi connectivity index (χ3v) is 6.56. The Morgan fingerprint density at radius 1 is 1.17 bits per heavy atom. The van der Waals surface area contributed by atoms with Crippen molar-refractivity contribution in [3.8, 4) is 5.75 Å². The van der Waals surface area contributed by atoms with E-state index in [4.69, 9.17) is 4.74 Å². The van der Waals surface area contributed by atoms with Gasteiger partial charge in [-0.2, -0.15) is 0 Å². The minimum atomic E-state index is -0.387. The minimum absolute atomic E-state index is 0.0541. The van der Waals surface area contributed by atoms with Crippen LogP contribution in [-0.2, 0) is 4.79 Å². The number of benzene rings is 2. The summed E-state index contributed by atoms with van der Waals surface area (Å²) in [6.07, 6.45) is 7.16. The molecular weight excluding hydrogens is 399 g/mol. The van der Waals surface area contributed by atoms with Crippen molar-refractivity contribution in [2.24, 2.45) is 4.99 Å². The van der Waals surface area contributed by atoms with Crippen molar-refractivity contribution < 1.29 is 13.9 Å². The Labute approximate surface area is 180 Å². The van der Waals surface area contributed by atoms with Crippen LogP contribution in [0.2, 0.25) is 0 Å². The van der Waals surface area contributed by atoms with E-state index in [0.29, 0.717) is 10.1 Å². The van der Waals surface area contributed by atoms with Crippen LogP contribution in [0.5, 0.6) is 5.75 Å². The first-order valence-corrected chi connectivity index (χ1v) is 11.1. The summed E-state index contributed by atoms with van der Waals surface area (Å²) < 4.78 is 19.6. The molecule has 2 aromatic rings. The summed E-state index contributed by atoms with van der Waals surface area (Å²) in [7, 11) is 1.64. The zero-order valence-corrected chi connectivity index (χ0v) is 18.0. The smallest absolute Gasteiger partial charge is 0.267 e. The van der Waals surface area contributed by atoms with Gasteiger partial charge in [-0.25, -0.2) is 9.38 Å². The number of halogens is 1. The lowest BCUT2D eigenvalue weighted by Gasteiger charge is -2.30. The van der Waals surface area contributed by atoms with E-state index in [-0.39, 0.29) is 23.5 Å². The van der Waals surface area contributed by atoms with Crippen LogP contribution >= 0.6 is 11.8 Å². The van der Waals surface area contributed by atoms with Gasteiger partial charge in [0.25, 0.3) is 5.91 Å². The number of methoxy groups -OCH3 is 1. The van der Waals surface area contributed by atoms with Crippen molar-refractivity contribution in [2.75, 3.05) is 7.11 Å². The molecule has 1 aliphatic carbocycles. The first-order chi connectivity index (χ1) is 14.6. The number of carbonyl (C=O) groups excluding carboxylic acids is 1. The fraction of sp³-hybridized carbons (Fsp3) is 0.333. The number of amidine groups is 1. The van der Waals surface area contributed by atoms with E-state index in [1.807, 2.05) is 31.2 Å². The second-order valence-corrected chi connectivity index (χ2v) is 8.66. The highest BCUT2D eigenvalue weighted by atomic mass is 32.2. The number of rotatable bonds is 4. The Hall–Kier alpha value is -2.60. The minimum Gasteiger partial charge on any atom is -0.496 e. The average Bonchev–Trinajstić information content (AvgIpc) is 3.06. The van der Waals surface area contributed by atoms with E-state index in [2.05, 4.69) is 4.99 Å². The molecule has 0 N–H and O–H groups in total. The van der Waals surface area contributed by atoms with E-state index < -0.39 is 0 Å². The SMILES string of the molecule is COc1cc(/C=C2\SC(=Nc3ccccc3F)N(C3CCCCC3)C2=O)ccc1C. The number of carbonyl (C=O) groups is 1. The third kappa shape index (κ3) is 4.29. The number of thioether (sulfide) groups is 1. The number of aryl methyl sites for hydroxylation is 1. The second kappa shape index (κ2) is 9.04. The van der Waals surface area contributed by atoms with Gasteiger partial charge in [0.2, 0.25) is 0 Å². The molecule has 0 atom stereocenters. The van der Waals surface area contributed by atoms with Crippen LogP contribution in [-0.4, -0.2) is 29.1 Å². The van der Waals surface area contributed by atoms with E-state index >= 15 is 0 Å². The van der Waals surface area contributed by atoms with Crippen molar-refractivity contribution in [1.82, 2.24) is 4.90 Å². The number of aliphatic imine (C=N–C) groups is 1. The molecule has 2 aromatic carbocycles. The van der Waals surface area contributed by atoms with Gasteiger partial charge >= 0.3 is 0 Å². The van der Waals surface area contributed by atoms with E-state index in [1.165, 1.54) is 24.2 Å². The van der Waals surface area contributed by atoms with Crippen molar-refractivity contribution in [3.05, 3.63) is 64.3 Å². The predicted molar refractivity (Wildman–Crippen MR) is 121 cm³/mol. The number of amides is 1. The fourth-order valence-corrected chi connectivity index (χ4v) is 5.00. The second-order valence-electron chi connectivity index (χ2n) is 7.65. The molecule has 0 bridgehead atoms. The lowest BCUT2D eigenvalue weighted by Crippen LogP contribution is -2.40. The normalized spacial score (nSPS) is 20.4. The Balaban J connectivity index is 1.72. The lowest BCUT2D eigenvalue weighted by molar-refractivity contribution is -0.124. The van der Waals surface area contributed by atoms with Crippen LogP contribution in [0.1, 0.15) is 43.2 Å². The number of hydrogen-bond donors (Lipinski definition) is 0. The quantitative estimate of drug-likeness (QED) is 0.559.